The molecule has 2 heterocycles. The monoisotopic (exact) mass is 530 g/mol. The van der Waals surface area contributed by atoms with Gasteiger partial charge in [-0.3, -0.25) is 19.7 Å². The van der Waals surface area contributed by atoms with Crippen molar-refractivity contribution in [1.29, 1.82) is 0 Å². The zero-order valence-corrected chi connectivity index (χ0v) is 19.9. The van der Waals surface area contributed by atoms with Crippen molar-refractivity contribution in [1.82, 2.24) is 15.5 Å². The van der Waals surface area contributed by atoms with Crippen LogP contribution in [-0.4, -0.2) is 73.2 Å². The van der Waals surface area contributed by atoms with E-state index in [2.05, 4.69) is 10.6 Å². The first-order valence-corrected chi connectivity index (χ1v) is 12.0. The number of thioether (sulfide) groups is 1. The van der Waals surface area contributed by atoms with Crippen LogP contribution in [0.2, 0.25) is 0 Å². The molecule has 4 atom stereocenters. The van der Waals surface area contributed by atoms with E-state index in [1.54, 1.807) is 30.3 Å². The third-order valence-electron chi connectivity index (χ3n) is 6.01. The number of amides is 3. The van der Waals surface area contributed by atoms with Gasteiger partial charge in [-0.1, -0.05) is 30.3 Å². The summed E-state index contributed by atoms with van der Waals surface area (Å²) in [6.07, 6.45) is -2.51. The van der Waals surface area contributed by atoms with Gasteiger partial charge in [-0.25, -0.2) is 9.59 Å². The average molecular weight is 531 g/mol. The van der Waals surface area contributed by atoms with E-state index in [0.717, 1.165) is 11.8 Å². The summed E-state index contributed by atoms with van der Waals surface area (Å²) >= 11 is 1.06. The molecule has 0 radical (unpaired) electrons. The molecule has 0 aliphatic carbocycles. The lowest BCUT2D eigenvalue weighted by atomic mass is 9.96. The molecule has 194 valence electrons. The van der Waals surface area contributed by atoms with Crippen molar-refractivity contribution in [3.8, 4) is 0 Å². The number of aliphatic carboxylic acids is 1. The van der Waals surface area contributed by atoms with Crippen LogP contribution < -0.4 is 10.6 Å². The summed E-state index contributed by atoms with van der Waals surface area (Å²) in [7, 11) is 0. The minimum absolute atomic E-state index is 0.114. The quantitative estimate of drug-likeness (QED) is 0.216. The molecule has 37 heavy (non-hydrogen) atoms. The maximum atomic E-state index is 12.7. The Morgan fingerprint density at radius 2 is 1.86 bits per heavy atom. The van der Waals surface area contributed by atoms with Crippen LogP contribution in [0.15, 0.2) is 54.6 Å². The summed E-state index contributed by atoms with van der Waals surface area (Å²) in [6.45, 7) is -0.602. The molecule has 3 amide bonds. The number of non-ortho nitro benzene ring substituents is 1. The Morgan fingerprint density at radius 1 is 1.19 bits per heavy atom. The highest BCUT2D eigenvalue weighted by Crippen LogP contribution is 2.38. The number of ether oxygens (including phenoxy) is 1. The van der Waals surface area contributed by atoms with E-state index in [0.29, 0.717) is 11.1 Å². The number of rotatable bonds is 8. The van der Waals surface area contributed by atoms with Crippen LogP contribution in [0.25, 0.3) is 0 Å². The van der Waals surface area contributed by atoms with Gasteiger partial charge in [0.25, 0.3) is 11.6 Å². The van der Waals surface area contributed by atoms with Gasteiger partial charge in [-0.15, -0.1) is 11.8 Å². The average Bonchev–Trinajstić information content (AvgIpc) is 2.90. The lowest BCUT2D eigenvalue weighted by Crippen LogP contribution is -2.77. The number of aliphatic hydroxyl groups excluding tert-OH is 1. The molecule has 14 heteroatoms. The zero-order valence-electron chi connectivity index (χ0n) is 19.1. The molecule has 0 spiro atoms. The molecule has 2 fully saturated rings. The summed E-state index contributed by atoms with van der Waals surface area (Å²) in [5.74, 6) is -2.78. The topological polar surface area (TPSA) is 188 Å². The second-order valence-electron chi connectivity index (χ2n) is 8.48. The number of aliphatic hydroxyl groups is 1. The number of alkyl carbamates (subject to hydrolysis) is 1. The van der Waals surface area contributed by atoms with Crippen molar-refractivity contribution in [3.63, 3.8) is 0 Å². The highest BCUT2D eigenvalue weighted by atomic mass is 32.2. The van der Waals surface area contributed by atoms with Crippen LogP contribution in [0.4, 0.5) is 10.5 Å². The van der Waals surface area contributed by atoms with Gasteiger partial charge in [0.05, 0.1) is 11.5 Å². The van der Waals surface area contributed by atoms with Crippen molar-refractivity contribution in [3.05, 3.63) is 75.8 Å². The fourth-order valence-electron chi connectivity index (χ4n) is 3.95. The third kappa shape index (κ3) is 5.34. The molecule has 2 aliphatic heterocycles. The van der Waals surface area contributed by atoms with Gasteiger partial charge in [0.15, 0.2) is 11.6 Å². The number of carboxylic acid groups (broad SMARTS) is 1. The highest BCUT2D eigenvalue weighted by molar-refractivity contribution is 8.00. The van der Waals surface area contributed by atoms with Crippen LogP contribution in [0.5, 0.6) is 0 Å². The molecule has 4 N–H and O–H groups in total. The van der Waals surface area contributed by atoms with E-state index in [4.69, 9.17) is 4.74 Å². The first kappa shape index (κ1) is 25.9. The number of hydrogen-bond acceptors (Lipinski definition) is 9. The van der Waals surface area contributed by atoms with Gasteiger partial charge >= 0.3 is 12.1 Å². The van der Waals surface area contributed by atoms with Crippen LogP contribution in [0.3, 0.4) is 0 Å². The molecule has 2 aliphatic rings. The first-order valence-electron chi connectivity index (χ1n) is 11.0. The Bertz CT molecular complexity index is 1230. The third-order valence-corrected chi connectivity index (χ3v) is 7.54. The molecular formula is C23H22N4O9S. The number of carboxylic acids is 1. The maximum Gasteiger partial charge on any atom is 0.408 e. The van der Waals surface area contributed by atoms with Crippen LogP contribution in [0, 0.1) is 10.1 Å². The minimum atomic E-state index is -1.83. The van der Waals surface area contributed by atoms with Crippen molar-refractivity contribution in [2.45, 2.75) is 29.7 Å². The van der Waals surface area contributed by atoms with Gasteiger partial charge in [-0.2, -0.15) is 0 Å². The molecule has 4 rings (SSSR count). The molecule has 2 saturated heterocycles. The normalized spacial score (nSPS) is 23.2. The fourth-order valence-corrected chi connectivity index (χ4v) is 5.42. The van der Waals surface area contributed by atoms with Gasteiger partial charge in [0.1, 0.15) is 18.0 Å². The summed E-state index contributed by atoms with van der Waals surface area (Å²) < 4.78 is 5.07. The summed E-state index contributed by atoms with van der Waals surface area (Å²) in [5.41, 5.74) is -1.14. The molecule has 13 nitrogen and oxygen atoms in total. The number of nitrogens with one attached hydrogen (secondary N) is 2. The lowest BCUT2D eigenvalue weighted by Gasteiger charge is -2.53. The second-order valence-corrected chi connectivity index (χ2v) is 9.58. The first-order chi connectivity index (χ1) is 17.6. The Kier molecular flexibility index (Phi) is 7.31. The van der Waals surface area contributed by atoms with Crippen LogP contribution in [-0.2, 0) is 25.7 Å². The van der Waals surface area contributed by atoms with Gasteiger partial charge in [0.2, 0.25) is 5.91 Å². The molecule has 2 aromatic rings. The fraction of sp³-hybridized carbons (Fsp3) is 0.304. The van der Waals surface area contributed by atoms with Crippen LogP contribution >= 0.6 is 11.8 Å². The number of β-lactam (4-membered cyclic amide) rings is 1. The number of nitro groups is 1. The van der Waals surface area contributed by atoms with E-state index in [1.165, 1.54) is 29.2 Å². The predicted molar refractivity (Wildman–Crippen MR) is 128 cm³/mol. The molecule has 3 unspecified atom stereocenters. The largest absolute Gasteiger partial charge is 0.479 e. The highest BCUT2D eigenvalue weighted by Gasteiger charge is 2.58. The molecule has 0 saturated carbocycles. The Hall–Kier alpha value is -4.17. The van der Waals surface area contributed by atoms with Gasteiger partial charge in [0, 0.05) is 17.9 Å². The van der Waals surface area contributed by atoms with Crippen molar-refractivity contribution >= 4 is 41.3 Å². The number of nitrogens with zero attached hydrogens (tertiary/aromatic N) is 2. The van der Waals surface area contributed by atoms with E-state index >= 15 is 0 Å². The number of fused-ring (bicyclic) bond motifs is 1. The smallest absolute Gasteiger partial charge is 0.408 e. The minimum Gasteiger partial charge on any atom is -0.479 e. The Morgan fingerprint density at radius 3 is 2.49 bits per heavy atom. The van der Waals surface area contributed by atoms with Gasteiger partial charge < -0.3 is 30.5 Å². The SMILES string of the molecule is O=C(NC1(C(=O)O)CS[C@@H]2C(NC(=O)C(O)c3ccccc3)C(=O)N2C1)OCc1ccc([N+](=O)[O-])cc1. The summed E-state index contributed by atoms with van der Waals surface area (Å²) in [6, 6.07) is 12.6. The molecule has 0 bridgehead atoms. The lowest BCUT2D eigenvalue weighted by molar-refractivity contribution is -0.384. The number of hydrogen-bond donors (Lipinski definition) is 4. The Labute approximate surface area is 213 Å². The Balaban J connectivity index is 1.34. The van der Waals surface area contributed by atoms with E-state index in [1.807, 2.05) is 0 Å². The number of nitro benzene ring substituents is 1. The van der Waals surface area contributed by atoms with E-state index in [-0.39, 0.29) is 24.6 Å². The zero-order chi connectivity index (χ0) is 26.7. The van der Waals surface area contributed by atoms with Gasteiger partial charge in [-0.05, 0) is 23.3 Å². The van der Waals surface area contributed by atoms with E-state index in [9.17, 15) is 39.5 Å². The van der Waals surface area contributed by atoms with Crippen molar-refractivity contribution in [2.75, 3.05) is 12.3 Å². The summed E-state index contributed by atoms with van der Waals surface area (Å²) in [5, 5.41) is 35.1. The maximum absolute atomic E-state index is 12.7. The van der Waals surface area contributed by atoms with E-state index < -0.39 is 51.9 Å². The number of benzene rings is 2. The number of carbonyl (C=O) groups is 4. The van der Waals surface area contributed by atoms with Crippen molar-refractivity contribution < 1.29 is 39.1 Å². The molecule has 0 aromatic heterocycles. The summed E-state index contributed by atoms with van der Waals surface area (Å²) in [4.78, 5) is 61.0. The predicted octanol–water partition coefficient (Wildman–Crippen LogP) is 0.778. The van der Waals surface area contributed by atoms with Crippen LogP contribution in [0.1, 0.15) is 17.2 Å². The molecular weight excluding hydrogens is 508 g/mol. The second kappa shape index (κ2) is 10.4. The number of carbonyl (C=O) groups excluding carboxylic acids is 3. The van der Waals surface area contributed by atoms with Crippen molar-refractivity contribution in [2.24, 2.45) is 0 Å². The standard InChI is InChI=1S/C23H22N4O9S/c28-17(14-4-2-1-3-5-14)18(29)24-16-19(30)26-11-23(21(31)32,12-37-20(16)26)25-22(33)36-10-13-6-8-15(9-7-13)27(34)35/h1-9,16-17,20,28H,10-12H2,(H,24,29)(H,25,33)(H,31,32)/t16?,17?,20-,23?/m1/s1. The molecule has 2 aromatic carbocycles.